The van der Waals surface area contributed by atoms with Gasteiger partial charge in [-0.1, -0.05) is 18.2 Å². The summed E-state index contributed by atoms with van der Waals surface area (Å²) in [4.78, 5) is 24.8. The van der Waals surface area contributed by atoms with Crippen molar-refractivity contribution in [3.63, 3.8) is 0 Å². The smallest absolute Gasteiger partial charge is 0.282 e. The molecule has 26 heavy (non-hydrogen) atoms. The lowest BCUT2D eigenvalue weighted by Gasteiger charge is -2.20. The Morgan fingerprint density at radius 2 is 1.65 bits per heavy atom. The minimum Gasteiger partial charge on any atom is -0.321 e. The molecule has 0 saturated heterocycles. The number of hydrogen-bond acceptors (Lipinski definition) is 2. The van der Waals surface area contributed by atoms with Crippen LogP contribution in [0.25, 0.3) is 0 Å². The topological polar surface area (TPSA) is 62.6 Å². The third-order valence-corrected chi connectivity index (χ3v) is 3.92. The van der Waals surface area contributed by atoms with Crippen molar-refractivity contribution in [2.24, 2.45) is 0 Å². The molecule has 138 valence electrons. The Labute approximate surface area is 148 Å². The average Bonchev–Trinajstić information content (AvgIpc) is 2.62. The highest BCUT2D eigenvalue weighted by molar-refractivity contribution is 5.94. The van der Waals surface area contributed by atoms with Gasteiger partial charge in [0.15, 0.2) is 30.0 Å². The fraction of sp³-hybridized carbons (Fsp3) is 0.222. The summed E-state index contributed by atoms with van der Waals surface area (Å²) in [5.41, 5.74) is 0.175. The van der Waals surface area contributed by atoms with E-state index in [0.717, 1.165) is 12.1 Å². The van der Waals surface area contributed by atoms with Crippen molar-refractivity contribution in [3.8, 4) is 0 Å². The van der Waals surface area contributed by atoms with Crippen LogP contribution in [0, 0.1) is 17.5 Å². The molecule has 1 unspecified atom stereocenters. The number of amides is 2. The first-order chi connectivity index (χ1) is 12.3. The molecule has 2 rings (SSSR count). The van der Waals surface area contributed by atoms with Crippen LogP contribution in [0.15, 0.2) is 42.5 Å². The van der Waals surface area contributed by atoms with Gasteiger partial charge in [0, 0.05) is 5.69 Å². The molecular formula is C18H19F3N3O2+. The number of quaternary nitrogens is 1. The summed E-state index contributed by atoms with van der Waals surface area (Å²) in [7, 11) is 1.62. The summed E-state index contributed by atoms with van der Waals surface area (Å²) in [5, 5.41) is 4.91. The molecule has 0 aliphatic carbocycles. The molecule has 5 nitrogen and oxygen atoms in total. The van der Waals surface area contributed by atoms with Gasteiger partial charge in [-0.3, -0.25) is 9.59 Å². The molecule has 3 N–H and O–H groups in total. The Morgan fingerprint density at radius 1 is 1.00 bits per heavy atom. The van der Waals surface area contributed by atoms with Crippen molar-refractivity contribution in [2.75, 3.05) is 24.2 Å². The second kappa shape index (κ2) is 8.48. The van der Waals surface area contributed by atoms with E-state index in [2.05, 4.69) is 10.6 Å². The Morgan fingerprint density at radius 3 is 2.31 bits per heavy atom. The summed E-state index contributed by atoms with van der Waals surface area (Å²) in [6, 6.07) is 9.93. The number of anilines is 2. The largest absolute Gasteiger partial charge is 0.321 e. The lowest BCUT2D eigenvalue weighted by Crippen LogP contribution is -3.14. The van der Waals surface area contributed by atoms with E-state index in [4.69, 9.17) is 0 Å². The number of carbonyl (C=O) groups excluding carboxylic acids is 2. The van der Waals surface area contributed by atoms with E-state index < -0.39 is 35.1 Å². The highest BCUT2D eigenvalue weighted by atomic mass is 19.2. The molecule has 2 aromatic carbocycles. The number of carbonyl (C=O) groups is 2. The number of para-hydroxylation sites is 1. The fourth-order valence-electron chi connectivity index (χ4n) is 2.22. The van der Waals surface area contributed by atoms with Crippen LogP contribution in [0.3, 0.4) is 0 Å². The normalized spacial score (nSPS) is 13.0. The Kier molecular flexibility index (Phi) is 6.35. The van der Waals surface area contributed by atoms with E-state index in [9.17, 15) is 22.8 Å². The van der Waals surface area contributed by atoms with Crippen LogP contribution in [0.2, 0.25) is 0 Å². The predicted molar refractivity (Wildman–Crippen MR) is 91.2 cm³/mol. The van der Waals surface area contributed by atoms with Crippen LogP contribution in [0.1, 0.15) is 6.92 Å². The zero-order valence-electron chi connectivity index (χ0n) is 14.3. The van der Waals surface area contributed by atoms with Gasteiger partial charge in [-0.15, -0.1) is 0 Å². The van der Waals surface area contributed by atoms with Crippen LogP contribution in [-0.4, -0.2) is 31.4 Å². The molecule has 0 aliphatic heterocycles. The van der Waals surface area contributed by atoms with Gasteiger partial charge in [0.25, 0.3) is 11.8 Å². The van der Waals surface area contributed by atoms with Gasteiger partial charge in [-0.05, 0) is 31.2 Å². The maximum Gasteiger partial charge on any atom is 0.282 e. The van der Waals surface area contributed by atoms with Crippen LogP contribution in [0.5, 0.6) is 0 Å². The molecule has 0 saturated carbocycles. The predicted octanol–water partition coefficient (Wildman–Crippen LogP) is 1.58. The first-order valence-corrected chi connectivity index (χ1v) is 7.91. The number of benzene rings is 2. The molecule has 0 heterocycles. The molecule has 0 bridgehead atoms. The SMILES string of the molecule is C[C@H](C(=O)Nc1ccccc1)[NH+](C)CC(=O)Nc1ccc(F)c(F)c1F. The summed E-state index contributed by atoms with van der Waals surface area (Å²) in [6.45, 7) is 1.47. The number of likely N-dealkylation sites (N-methyl/N-ethyl adjacent to an activating group) is 1. The summed E-state index contributed by atoms with van der Waals surface area (Å²) >= 11 is 0. The van der Waals surface area contributed by atoms with Crippen LogP contribution >= 0.6 is 0 Å². The monoisotopic (exact) mass is 366 g/mol. The first kappa shape index (κ1) is 19.5. The molecule has 2 amide bonds. The van der Waals surface area contributed by atoms with Gasteiger partial charge in [-0.2, -0.15) is 0 Å². The standard InChI is InChI=1S/C18H18F3N3O2/c1-11(18(26)22-12-6-4-3-5-7-12)24(2)10-15(25)23-14-9-8-13(19)16(20)17(14)21/h3-9,11H,10H2,1-2H3,(H,22,26)(H,23,25)/p+1/t11-/m1/s1. The maximum absolute atomic E-state index is 13.6. The number of nitrogens with one attached hydrogen (secondary N) is 3. The lowest BCUT2D eigenvalue weighted by molar-refractivity contribution is -0.885. The molecule has 0 fully saturated rings. The van der Waals surface area contributed by atoms with E-state index in [1.807, 2.05) is 6.07 Å². The number of halogens is 3. The van der Waals surface area contributed by atoms with E-state index in [0.29, 0.717) is 10.6 Å². The molecule has 2 aromatic rings. The summed E-state index contributed by atoms with van der Waals surface area (Å²) in [6.07, 6.45) is 0. The lowest BCUT2D eigenvalue weighted by atomic mass is 10.2. The molecule has 2 atom stereocenters. The fourth-order valence-corrected chi connectivity index (χ4v) is 2.22. The number of hydrogen-bond donors (Lipinski definition) is 3. The summed E-state index contributed by atoms with van der Waals surface area (Å²) < 4.78 is 39.7. The van der Waals surface area contributed by atoms with E-state index in [1.165, 1.54) is 0 Å². The van der Waals surface area contributed by atoms with Crippen molar-refractivity contribution >= 4 is 23.2 Å². The van der Waals surface area contributed by atoms with Gasteiger partial charge in [0.1, 0.15) is 0 Å². The molecule has 0 spiro atoms. The summed E-state index contributed by atoms with van der Waals surface area (Å²) in [5.74, 6) is -5.38. The zero-order valence-corrected chi connectivity index (χ0v) is 14.3. The van der Waals surface area contributed by atoms with Crippen molar-refractivity contribution in [2.45, 2.75) is 13.0 Å². The van der Waals surface area contributed by atoms with Gasteiger partial charge in [0.2, 0.25) is 0 Å². The second-order valence-corrected chi connectivity index (χ2v) is 5.87. The van der Waals surface area contributed by atoms with Crippen molar-refractivity contribution in [3.05, 3.63) is 59.9 Å². The highest BCUT2D eigenvalue weighted by Crippen LogP contribution is 2.19. The van der Waals surface area contributed by atoms with Crippen molar-refractivity contribution in [1.82, 2.24) is 0 Å². The van der Waals surface area contributed by atoms with Crippen LogP contribution in [0.4, 0.5) is 24.5 Å². The van der Waals surface area contributed by atoms with E-state index in [-0.39, 0.29) is 12.5 Å². The average molecular weight is 366 g/mol. The molecule has 0 aliphatic rings. The Balaban J connectivity index is 1.93. The minimum atomic E-state index is -1.65. The molecule has 0 aromatic heterocycles. The van der Waals surface area contributed by atoms with Gasteiger partial charge >= 0.3 is 0 Å². The first-order valence-electron chi connectivity index (χ1n) is 7.91. The van der Waals surface area contributed by atoms with Gasteiger partial charge < -0.3 is 15.5 Å². The maximum atomic E-state index is 13.6. The van der Waals surface area contributed by atoms with Gasteiger partial charge in [-0.25, -0.2) is 13.2 Å². The zero-order chi connectivity index (χ0) is 19.3. The Hall–Kier alpha value is -2.87. The molecule has 0 radical (unpaired) electrons. The highest BCUT2D eigenvalue weighted by Gasteiger charge is 2.25. The quantitative estimate of drug-likeness (QED) is 0.680. The molecular weight excluding hydrogens is 347 g/mol. The Bertz CT molecular complexity index is 800. The van der Waals surface area contributed by atoms with E-state index >= 15 is 0 Å². The van der Waals surface area contributed by atoms with Crippen LogP contribution < -0.4 is 15.5 Å². The third-order valence-electron chi connectivity index (χ3n) is 3.92. The minimum absolute atomic E-state index is 0.165. The van der Waals surface area contributed by atoms with Crippen LogP contribution in [-0.2, 0) is 9.59 Å². The second-order valence-electron chi connectivity index (χ2n) is 5.87. The van der Waals surface area contributed by atoms with Crippen molar-refractivity contribution in [1.29, 1.82) is 0 Å². The van der Waals surface area contributed by atoms with E-state index in [1.54, 1.807) is 38.2 Å². The third kappa shape index (κ3) is 4.82. The number of rotatable bonds is 6. The molecule has 8 heteroatoms. The van der Waals surface area contributed by atoms with Gasteiger partial charge in [0.05, 0.1) is 12.7 Å². The van der Waals surface area contributed by atoms with Crippen molar-refractivity contribution < 1.29 is 27.7 Å².